The fourth-order valence-corrected chi connectivity index (χ4v) is 1.51. The molecule has 1 heterocycles. The highest BCUT2D eigenvalue weighted by Gasteiger charge is 2.02. The van der Waals surface area contributed by atoms with Crippen LogP contribution in [0, 0.1) is 0 Å². The number of para-hydroxylation sites is 1. The zero-order valence-corrected chi connectivity index (χ0v) is 10.7. The zero-order valence-electron chi connectivity index (χ0n) is 10.7. The minimum atomic E-state index is -1.21. The highest BCUT2D eigenvalue weighted by molar-refractivity contribution is 5.93. The van der Waals surface area contributed by atoms with Crippen LogP contribution in [0.15, 0.2) is 30.3 Å². The van der Waals surface area contributed by atoms with Gasteiger partial charge in [0.05, 0.1) is 0 Å². The smallest absolute Gasteiger partial charge is 0.405 e. The molecule has 4 N–H and O–H groups in total. The summed E-state index contributed by atoms with van der Waals surface area (Å²) in [5.41, 5.74) is 0.643. The normalized spacial score (nSPS) is 13.1. The number of hydrogen-bond acceptors (Lipinski definition) is 3. The van der Waals surface area contributed by atoms with Crippen LogP contribution in [0.5, 0.6) is 0 Å². The van der Waals surface area contributed by atoms with Crippen molar-refractivity contribution in [1.29, 1.82) is 0 Å². The van der Waals surface area contributed by atoms with E-state index in [2.05, 4.69) is 10.6 Å². The van der Waals surface area contributed by atoms with E-state index in [1.54, 1.807) is 24.3 Å². The first-order valence-electron chi connectivity index (χ1n) is 6.21. The molecule has 0 aliphatic carbocycles. The van der Waals surface area contributed by atoms with E-state index in [0.717, 1.165) is 0 Å². The van der Waals surface area contributed by atoms with Crippen LogP contribution in [0.1, 0.15) is 12.8 Å². The van der Waals surface area contributed by atoms with Gasteiger partial charge >= 0.3 is 6.09 Å². The number of carbonyl (C=O) groups is 2. The molecule has 1 aliphatic rings. The van der Waals surface area contributed by atoms with Gasteiger partial charge in [-0.25, -0.2) is 4.79 Å². The third-order valence-electron chi connectivity index (χ3n) is 2.41. The van der Waals surface area contributed by atoms with Gasteiger partial charge in [0.2, 0.25) is 5.91 Å². The summed E-state index contributed by atoms with van der Waals surface area (Å²) in [6, 6.07) is 8.82. The Labute approximate surface area is 112 Å². The maximum Gasteiger partial charge on any atom is 0.405 e. The average molecular weight is 265 g/mol. The monoisotopic (exact) mass is 265 g/mol. The van der Waals surface area contributed by atoms with E-state index in [1.165, 1.54) is 25.9 Å². The summed E-state index contributed by atoms with van der Waals surface area (Å²) < 4.78 is 0. The lowest BCUT2D eigenvalue weighted by atomic mass is 10.3. The molecule has 1 aliphatic heterocycles. The molecule has 2 amide bonds. The minimum absolute atomic E-state index is 0.246. The van der Waals surface area contributed by atoms with Gasteiger partial charge in [-0.15, -0.1) is 0 Å². The molecule has 19 heavy (non-hydrogen) atoms. The molecule has 1 saturated heterocycles. The number of rotatable bonds is 3. The van der Waals surface area contributed by atoms with Crippen LogP contribution in [0.25, 0.3) is 0 Å². The molecule has 0 radical (unpaired) electrons. The van der Waals surface area contributed by atoms with Crippen LogP contribution in [-0.4, -0.2) is 36.7 Å². The molecule has 0 unspecified atom stereocenters. The van der Waals surface area contributed by atoms with Gasteiger partial charge in [0.1, 0.15) is 6.54 Å². The zero-order chi connectivity index (χ0) is 13.9. The predicted octanol–water partition coefficient (Wildman–Crippen LogP) is 1.26. The van der Waals surface area contributed by atoms with E-state index in [-0.39, 0.29) is 6.54 Å². The topological polar surface area (TPSA) is 90.5 Å². The highest BCUT2D eigenvalue weighted by atomic mass is 16.4. The summed E-state index contributed by atoms with van der Waals surface area (Å²) in [5.74, 6) is -0.390. The Balaban J connectivity index is 0.000000300. The quantitative estimate of drug-likeness (QED) is 0.662. The van der Waals surface area contributed by atoms with Gasteiger partial charge in [0.15, 0.2) is 0 Å². The maximum atomic E-state index is 11.1. The van der Waals surface area contributed by atoms with Crippen molar-refractivity contribution in [3.8, 4) is 0 Å². The lowest BCUT2D eigenvalue weighted by Crippen LogP contribution is -2.31. The van der Waals surface area contributed by atoms with E-state index in [1.807, 2.05) is 11.4 Å². The first-order chi connectivity index (χ1) is 9.18. The van der Waals surface area contributed by atoms with E-state index in [4.69, 9.17) is 5.11 Å². The summed E-state index contributed by atoms with van der Waals surface area (Å²) in [5, 5.41) is 16.0. The maximum absolute atomic E-state index is 11.1. The molecule has 104 valence electrons. The summed E-state index contributed by atoms with van der Waals surface area (Å²) in [6.45, 7) is 2.25. The fourth-order valence-electron chi connectivity index (χ4n) is 1.51. The molecule has 0 saturated carbocycles. The number of nitrogens with one attached hydrogen (secondary N) is 3. The lowest BCUT2D eigenvalue weighted by Gasteiger charge is -2.03. The van der Waals surface area contributed by atoms with Gasteiger partial charge in [-0.05, 0) is 38.1 Å². The SMILES string of the molecule is C1CCNC1.O=C(O)NCC(=O)Nc1ccccc1. The first kappa shape index (κ1) is 15.0. The van der Waals surface area contributed by atoms with Crippen molar-refractivity contribution in [1.82, 2.24) is 10.6 Å². The fraction of sp³-hybridized carbons (Fsp3) is 0.385. The Kier molecular flexibility index (Phi) is 7.04. The Bertz CT molecular complexity index is 384. The Hall–Kier alpha value is -2.08. The van der Waals surface area contributed by atoms with E-state index in [9.17, 15) is 9.59 Å². The largest absolute Gasteiger partial charge is 0.465 e. The third-order valence-corrected chi connectivity index (χ3v) is 2.41. The molecular weight excluding hydrogens is 246 g/mol. The minimum Gasteiger partial charge on any atom is -0.465 e. The van der Waals surface area contributed by atoms with Crippen LogP contribution >= 0.6 is 0 Å². The Morgan fingerprint density at radius 2 is 1.79 bits per heavy atom. The summed E-state index contributed by atoms with van der Waals surface area (Å²) in [6.07, 6.45) is 1.56. The standard InChI is InChI=1S/C9H10N2O3.C4H9N/c12-8(6-10-9(13)14)11-7-4-2-1-3-5-7;1-2-4-5-3-1/h1-5,10H,6H2,(H,11,12)(H,13,14);5H,1-4H2. The molecule has 0 spiro atoms. The number of anilines is 1. The third kappa shape index (κ3) is 7.77. The molecule has 6 nitrogen and oxygen atoms in total. The van der Waals surface area contributed by atoms with Crippen LogP contribution in [0.2, 0.25) is 0 Å². The van der Waals surface area contributed by atoms with Crippen molar-refractivity contribution < 1.29 is 14.7 Å². The highest BCUT2D eigenvalue weighted by Crippen LogP contribution is 2.03. The predicted molar refractivity (Wildman–Crippen MR) is 73.2 cm³/mol. The summed E-state index contributed by atoms with van der Waals surface area (Å²) in [4.78, 5) is 21.1. The molecule has 0 bridgehead atoms. The van der Waals surface area contributed by atoms with Crippen molar-refractivity contribution in [2.75, 3.05) is 25.0 Å². The second-order valence-corrected chi connectivity index (χ2v) is 4.03. The van der Waals surface area contributed by atoms with Gasteiger partial charge in [0.25, 0.3) is 0 Å². The summed E-state index contributed by atoms with van der Waals surface area (Å²) in [7, 11) is 0. The van der Waals surface area contributed by atoms with E-state index >= 15 is 0 Å². The lowest BCUT2D eigenvalue weighted by molar-refractivity contribution is -0.115. The molecule has 6 heteroatoms. The molecule has 0 aromatic heterocycles. The van der Waals surface area contributed by atoms with Gasteiger partial charge in [-0.2, -0.15) is 0 Å². The van der Waals surface area contributed by atoms with Crippen molar-refractivity contribution in [2.45, 2.75) is 12.8 Å². The van der Waals surface area contributed by atoms with E-state index in [0.29, 0.717) is 5.69 Å². The second kappa shape index (κ2) is 8.93. The van der Waals surface area contributed by atoms with Crippen molar-refractivity contribution in [3.63, 3.8) is 0 Å². The van der Waals surface area contributed by atoms with Crippen LogP contribution in [0.4, 0.5) is 10.5 Å². The average Bonchev–Trinajstić information content (AvgIpc) is 2.97. The van der Waals surface area contributed by atoms with Crippen LogP contribution in [-0.2, 0) is 4.79 Å². The Morgan fingerprint density at radius 1 is 1.16 bits per heavy atom. The van der Waals surface area contributed by atoms with Crippen molar-refractivity contribution in [2.24, 2.45) is 0 Å². The van der Waals surface area contributed by atoms with Crippen LogP contribution < -0.4 is 16.0 Å². The number of carboxylic acid groups (broad SMARTS) is 1. The van der Waals surface area contributed by atoms with Gasteiger partial charge < -0.3 is 21.1 Å². The van der Waals surface area contributed by atoms with Crippen molar-refractivity contribution >= 4 is 17.7 Å². The molecule has 0 atom stereocenters. The van der Waals surface area contributed by atoms with Crippen molar-refractivity contribution in [3.05, 3.63) is 30.3 Å². The molecule has 2 rings (SSSR count). The Morgan fingerprint density at radius 3 is 2.26 bits per heavy atom. The number of hydrogen-bond donors (Lipinski definition) is 4. The molecule has 1 aromatic carbocycles. The van der Waals surface area contributed by atoms with Gasteiger partial charge in [-0.1, -0.05) is 18.2 Å². The van der Waals surface area contributed by atoms with E-state index < -0.39 is 12.0 Å². The number of benzene rings is 1. The number of carbonyl (C=O) groups excluding carboxylic acids is 1. The first-order valence-corrected chi connectivity index (χ1v) is 6.21. The van der Waals surface area contributed by atoms with Crippen LogP contribution in [0.3, 0.4) is 0 Å². The molecule has 1 fully saturated rings. The van der Waals surface area contributed by atoms with Gasteiger partial charge in [-0.3, -0.25) is 4.79 Å². The summed E-state index contributed by atoms with van der Waals surface area (Å²) >= 11 is 0. The number of amides is 2. The molecule has 1 aromatic rings. The molecular formula is C13H19N3O3. The van der Waals surface area contributed by atoms with Gasteiger partial charge in [0, 0.05) is 5.69 Å². The second-order valence-electron chi connectivity index (χ2n) is 4.03.